The molecule has 0 saturated heterocycles. The van der Waals surface area contributed by atoms with Gasteiger partial charge >= 0.3 is 218 Å². The van der Waals surface area contributed by atoms with E-state index in [0.29, 0.717) is 0 Å². The first-order chi connectivity index (χ1) is 16.1. The second kappa shape index (κ2) is 19.3. The molecule has 33 heavy (non-hydrogen) atoms. The Morgan fingerprint density at radius 3 is 1.18 bits per heavy atom. The van der Waals surface area contributed by atoms with E-state index >= 15 is 0 Å². The average molecular weight is 542 g/mol. The van der Waals surface area contributed by atoms with Gasteiger partial charge in [-0.3, -0.25) is 0 Å². The molecule has 0 aromatic heterocycles. The first-order valence-electron chi connectivity index (χ1n) is 14.8. The molecule has 0 bridgehead atoms. The zero-order valence-corrected chi connectivity index (χ0v) is 25.2. The van der Waals surface area contributed by atoms with Gasteiger partial charge in [-0.05, 0) is 0 Å². The third-order valence-corrected chi connectivity index (χ3v) is 17.0. The molecular formula is C31H58BrP. The molecule has 1 aromatic rings. The molecule has 0 N–H and O–H groups in total. The quantitative estimate of drug-likeness (QED) is 0.0955. The fourth-order valence-electron chi connectivity index (χ4n) is 5.47. The predicted molar refractivity (Wildman–Crippen MR) is 161 cm³/mol. The minimum absolute atomic E-state index is 1.32. The molecule has 0 saturated carbocycles. The molecule has 0 heterocycles. The van der Waals surface area contributed by atoms with Gasteiger partial charge in [0.25, 0.3) is 0 Å². The monoisotopic (exact) mass is 540 g/mol. The van der Waals surface area contributed by atoms with Gasteiger partial charge < -0.3 is 0 Å². The fourth-order valence-corrected chi connectivity index (χ4v) is 13.9. The molecule has 2 heteroatoms. The summed E-state index contributed by atoms with van der Waals surface area (Å²) in [5, 5.41) is -1.93. The zero-order valence-electron chi connectivity index (χ0n) is 22.8. The van der Waals surface area contributed by atoms with Gasteiger partial charge in [0.1, 0.15) is 0 Å². The Kier molecular flexibility index (Phi) is 18.3. The van der Waals surface area contributed by atoms with Crippen LogP contribution in [-0.4, -0.2) is 18.5 Å². The Morgan fingerprint density at radius 1 is 0.485 bits per heavy atom. The van der Waals surface area contributed by atoms with Crippen LogP contribution in [0.2, 0.25) is 0 Å². The van der Waals surface area contributed by atoms with Crippen molar-refractivity contribution in [2.24, 2.45) is 0 Å². The molecule has 0 unspecified atom stereocenters. The van der Waals surface area contributed by atoms with Gasteiger partial charge in [-0.15, -0.1) is 0 Å². The van der Waals surface area contributed by atoms with Crippen molar-refractivity contribution >= 4 is 20.8 Å². The molecule has 1 aromatic carbocycles. The fraction of sp³-hybridized carbons (Fsp3) is 0.806. The number of hydrogen-bond donors (Lipinski definition) is 0. The van der Waals surface area contributed by atoms with Gasteiger partial charge in [0.05, 0.1) is 0 Å². The molecule has 0 nitrogen and oxygen atoms in total. The molecule has 0 spiro atoms. The Hall–Kier alpha value is 0.130. The summed E-state index contributed by atoms with van der Waals surface area (Å²) in [6, 6.07) is 11.5. The molecule has 194 valence electrons. The van der Waals surface area contributed by atoms with Gasteiger partial charge in [-0.2, -0.15) is 0 Å². The van der Waals surface area contributed by atoms with Crippen molar-refractivity contribution < 1.29 is 0 Å². The molecule has 0 atom stereocenters. The van der Waals surface area contributed by atoms with E-state index in [1.165, 1.54) is 140 Å². The first-order valence-corrected chi connectivity index (χ1v) is 19.8. The second-order valence-corrected chi connectivity index (χ2v) is 22.3. The summed E-state index contributed by atoms with van der Waals surface area (Å²) >= 11 is 4.71. The number of halogens is 1. The van der Waals surface area contributed by atoms with Crippen LogP contribution in [0, 0.1) is 0 Å². The van der Waals surface area contributed by atoms with Crippen molar-refractivity contribution in [3.8, 4) is 0 Å². The van der Waals surface area contributed by atoms with Crippen LogP contribution in [0.15, 0.2) is 30.3 Å². The van der Waals surface area contributed by atoms with E-state index < -0.39 is 5.31 Å². The van der Waals surface area contributed by atoms with Crippen molar-refractivity contribution in [3.63, 3.8) is 0 Å². The van der Waals surface area contributed by atoms with Crippen molar-refractivity contribution in [1.29, 1.82) is 0 Å². The van der Waals surface area contributed by atoms with E-state index in [0.717, 1.165) is 0 Å². The summed E-state index contributed by atoms with van der Waals surface area (Å²) < 4.78 is 0. The van der Waals surface area contributed by atoms with Gasteiger partial charge in [0.2, 0.25) is 0 Å². The van der Waals surface area contributed by atoms with Gasteiger partial charge in [0, 0.05) is 0 Å². The predicted octanol–water partition coefficient (Wildman–Crippen LogP) is 12.1. The van der Waals surface area contributed by atoms with E-state index in [1.54, 1.807) is 5.56 Å². The normalized spacial score (nSPS) is 13.2. The second-order valence-electron chi connectivity index (χ2n) is 10.9. The maximum absolute atomic E-state index is 4.71. The SMILES string of the molecule is CCCCCCCCP(Br)(CCCCCCCC)(CCCCCCCC)Cc1ccccc1. The van der Waals surface area contributed by atoms with Gasteiger partial charge in [0.15, 0.2) is 0 Å². The van der Waals surface area contributed by atoms with Crippen LogP contribution in [0.5, 0.6) is 0 Å². The van der Waals surface area contributed by atoms with E-state index in [2.05, 4.69) is 51.1 Å². The van der Waals surface area contributed by atoms with E-state index in [-0.39, 0.29) is 0 Å². The van der Waals surface area contributed by atoms with Gasteiger partial charge in [-0.1, -0.05) is 0 Å². The minimum atomic E-state index is -1.93. The summed E-state index contributed by atoms with van der Waals surface area (Å²) in [4.78, 5) is 0. The Labute approximate surface area is 217 Å². The van der Waals surface area contributed by atoms with Crippen molar-refractivity contribution in [2.75, 3.05) is 18.5 Å². The summed E-state index contributed by atoms with van der Waals surface area (Å²) in [7, 11) is 0. The summed E-state index contributed by atoms with van der Waals surface area (Å²) in [6.07, 6.45) is 31.2. The molecule has 0 aliphatic rings. The van der Waals surface area contributed by atoms with Crippen molar-refractivity contribution in [3.05, 3.63) is 35.9 Å². The van der Waals surface area contributed by atoms with Crippen LogP contribution in [0.4, 0.5) is 0 Å². The van der Waals surface area contributed by atoms with E-state index in [9.17, 15) is 0 Å². The van der Waals surface area contributed by atoms with Crippen LogP contribution in [0.3, 0.4) is 0 Å². The number of rotatable bonds is 23. The molecule has 0 aliphatic carbocycles. The third kappa shape index (κ3) is 15.0. The molecule has 0 fully saturated rings. The molecule has 1 rings (SSSR count). The van der Waals surface area contributed by atoms with Crippen molar-refractivity contribution in [2.45, 2.75) is 143 Å². The van der Waals surface area contributed by atoms with Crippen LogP contribution < -0.4 is 0 Å². The molecular weight excluding hydrogens is 483 g/mol. The van der Waals surface area contributed by atoms with Crippen molar-refractivity contribution in [1.82, 2.24) is 0 Å². The molecule has 0 aliphatic heterocycles. The van der Waals surface area contributed by atoms with Gasteiger partial charge in [-0.25, -0.2) is 0 Å². The third-order valence-electron chi connectivity index (χ3n) is 7.63. The zero-order chi connectivity index (χ0) is 24.1. The topological polar surface area (TPSA) is 0 Å². The van der Waals surface area contributed by atoms with Crippen LogP contribution in [-0.2, 0) is 6.16 Å². The van der Waals surface area contributed by atoms with E-state index in [1.807, 2.05) is 0 Å². The Balaban J connectivity index is 2.84. The number of unbranched alkanes of at least 4 members (excludes halogenated alkanes) is 15. The summed E-state index contributed by atoms with van der Waals surface area (Å²) in [6.45, 7) is 6.98. The number of benzene rings is 1. The van der Waals surface area contributed by atoms with Crippen LogP contribution in [0.25, 0.3) is 0 Å². The maximum atomic E-state index is 4.71. The van der Waals surface area contributed by atoms with E-state index in [4.69, 9.17) is 15.5 Å². The first kappa shape index (κ1) is 31.2. The van der Waals surface area contributed by atoms with Crippen LogP contribution in [0.1, 0.15) is 142 Å². The standard InChI is InChI=1S/C31H58BrP/c1-4-7-10-13-16-22-27-33(32,28-23-17-14-11-8-5-2,29-24-18-15-12-9-6-3)30-31-25-20-19-21-26-31/h19-21,25-26H,4-18,22-24,27-30H2,1-3H3. The molecule has 0 amide bonds. The molecule has 0 radical (unpaired) electrons. The summed E-state index contributed by atoms with van der Waals surface area (Å²) in [5.41, 5.74) is 1.58. The average Bonchev–Trinajstić information content (AvgIpc) is 2.82. The number of hydrogen-bond acceptors (Lipinski definition) is 0. The Bertz CT molecular complexity index is 512. The van der Waals surface area contributed by atoms with Crippen LogP contribution >= 0.6 is 20.8 Å². The summed E-state index contributed by atoms with van der Waals surface area (Å²) in [5.74, 6) is 0. The Morgan fingerprint density at radius 2 is 0.818 bits per heavy atom.